The number of hydrogen-bond donors (Lipinski definition) is 0. The number of hydrogen-bond acceptors (Lipinski definition) is 1. The van der Waals surface area contributed by atoms with E-state index in [-0.39, 0.29) is 0 Å². The fourth-order valence-electron chi connectivity index (χ4n) is 3.11. The molecule has 3 rings (SSSR count). The first-order valence-corrected chi connectivity index (χ1v) is 7.35. The standard InChI is InChI=1S/C18H19NO/c1-19-17-10-6-5-9-15(17)16(13-20)18(19)12-11-14-7-3-2-4-8-14/h5-6,9-10,13-14H,2-4,7-8H2,1H3. The van der Waals surface area contributed by atoms with Crippen LogP contribution >= 0.6 is 0 Å². The van der Waals surface area contributed by atoms with Gasteiger partial charge < -0.3 is 4.57 Å². The van der Waals surface area contributed by atoms with Crippen molar-refractivity contribution >= 4 is 17.2 Å². The summed E-state index contributed by atoms with van der Waals surface area (Å²) in [4.78, 5) is 11.4. The highest BCUT2D eigenvalue weighted by Crippen LogP contribution is 2.25. The van der Waals surface area contributed by atoms with Crippen LogP contribution in [-0.2, 0) is 7.05 Å². The fourth-order valence-corrected chi connectivity index (χ4v) is 3.11. The van der Waals surface area contributed by atoms with Gasteiger partial charge in [-0.2, -0.15) is 0 Å². The Morgan fingerprint density at radius 2 is 1.95 bits per heavy atom. The van der Waals surface area contributed by atoms with Crippen LogP contribution in [0.2, 0.25) is 0 Å². The molecule has 1 saturated carbocycles. The smallest absolute Gasteiger partial charge is 0.153 e. The second-order valence-corrected chi connectivity index (χ2v) is 5.56. The van der Waals surface area contributed by atoms with Gasteiger partial charge in [-0.25, -0.2) is 0 Å². The number of nitrogens with zero attached hydrogens (tertiary/aromatic N) is 1. The highest BCUT2D eigenvalue weighted by Gasteiger charge is 2.14. The molecule has 1 aromatic heterocycles. The molecule has 0 spiro atoms. The van der Waals surface area contributed by atoms with E-state index >= 15 is 0 Å². The van der Waals surface area contributed by atoms with Crippen molar-refractivity contribution in [3.05, 3.63) is 35.5 Å². The number of carbonyl (C=O) groups excluding carboxylic acids is 1. The molecule has 0 aliphatic heterocycles. The Morgan fingerprint density at radius 3 is 2.70 bits per heavy atom. The molecular weight excluding hydrogens is 246 g/mol. The summed E-state index contributed by atoms with van der Waals surface area (Å²) in [6, 6.07) is 7.99. The Morgan fingerprint density at radius 1 is 1.20 bits per heavy atom. The predicted octanol–water partition coefficient (Wildman–Crippen LogP) is 3.92. The number of aldehydes is 1. The van der Waals surface area contributed by atoms with E-state index in [0.29, 0.717) is 5.92 Å². The van der Waals surface area contributed by atoms with Gasteiger partial charge in [0.1, 0.15) is 5.69 Å². The molecule has 1 aliphatic rings. The molecule has 1 fully saturated rings. The zero-order valence-corrected chi connectivity index (χ0v) is 11.9. The second kappa shape index (κ2) is 5.54. The summed E-state index contributed by atoms with van der Waals surface area (Å²) < 4.78 is 2.04. The minimum atomic E-state index is 0.501. The molecule has 0 amide bonds. The van der Waals surface area contributed by atoms with Crippen LogP contribution in [0, 0.1) is 17.8 Å². The maximum absolute atomic E-state index is 11.4. The molecule has 1 aromatic carbocycles. The third-order valence-corrected chi connectivity index (χ3v) is 4.26. The summed E-state index contributed by atoms with van der Waals surface area (Å²) in [6.45, 7) is 0. The first-order valence-electron chi connectivity index (χ1n) is 7.35. The van der Waals surface area contributed by atoms with Crippen molar-refractivity contribution in [3.63, 3.8) is 0 Å². The summed E-state index contributed by atoms with van der Waals surface area (Å²) in [6.07, 6.45) is 7.25. The van der Waals surface area contributed by atoms with Crippen LogP contribution in [0.15, 0.2) is 24.3 Å². The van der Waals surface area contributed by atoms with Crippen molar-refractivity contribution in [2.75, 3.05) is 0 Å². The molecule has 1 aliphatic carbocycles. The van der Waals surface area contributed by atoms with E-state index in [9.17, 15) is 4.79 Å². The predicted molar refractivity (Wildman–Crippen MR) is 81.8 cm³/mol. The van der Waals surface area contributed by atoms with Crippen LogP contribution in [0.4, 0.5) is 0 Å². The van der Waals surface area contributed by atoms with Crippen LogP contribution < -0.4 is 0 Å². The Labute approximate surface area is 119 Å². The molecule has 0 atom stereocenters. The van der Waals surface area contributed by atoms with E-state index in [4.69, 9.17) is 0 Å². The van der Waals surface area contributed by atoms with Crippen LogP contribution in [0.25, 0.3) is 10.9 Å². The summed E-state index contributed by atoms with van der Waals surface area (Å²) in [5, 5.41) is 0.998. The molecule has 0 unspecified atom stereocenters. The average molecular weight is 265 g/mol. The maximum Gasteiger partial charge on any atom is 0.153 e. The van der Waals surface area contributed by atoms with Gasteiger partial charge in [0.2, 0.25) is 0 Å². The number of benzene rings is 1. The monoisotopic (exact) mass is 265 g/mol. The Kier molecular flexibility index (Phi) is 3.60. The molecule has 2 nitrogen and oxygen atoms in total. The van der Waals surface area contributed by atoms with Crippen molar-refractivity contribution in [1.82, 2.24) is 4.57 Å². The molecule has 1 heterocycles. The van der Waals surface area contributed by atoms with Gasteiger partial charge >= 0.3 is 0 Å². The zero-order chi connectivity index (χ0) is 13.9. The highest BCUT2D eigenvalue weighted by molar-refractivity contribution is 6.00. The van der Waals surface area contributed by atoms with Crippen LogP contribution in [0.5, 0.6) is 0 Å². The Balaban J connectivity index is 2.04. The van der Waals surface area contributed by atoms with Gasteiger partial charge in [0.15, 0.2) is 6.29 Å². The second-order valence-electron chi connectivity index (χ2n) is 5.56. The first-order chi connectivity index (χ1) is 9.81. The van der Waals surface area contributed by atoms with Crippen LogP contribution in [0.3, 0.4) is 0 Å². The van der Waals surface area contributed by atoms with Gasteiger partial charge in [-0.1, -0.05) is 43.4 Å². The third kappa shape index (κ3) is 2.25. The van der Waals surface area contributed by atoms with Gasteiger partial charge in [0.05, 0.1) is 5.56 Å². The first kappa shape index (κ1) is 13.0. The van der Waals surface area contributed by atoms with Gasteiger partial charge in [0.25, 0.3) is 0 Å². The van der Waals surface area contributed by atoms with E-state index < -0.39 is 0 Å². The van der Waals surface area contributed by atoms with Gasteiger partial charge in [0, 0.05) is 23.9 Å². The molecule has 0 radical (unpaired) electrons. The van der Waals surface area contributed by atoms with E-state index in [1.807, 2.05) is 35.9 Å². The summed E-state index contributed by atoms with van der Waals surface area (Å²) in [7, 11) is 1.99. The van der Waals surface area contributed by atoms with Gasteiger partial charge in [-0.15, -0.1) is 0 Å². The molecule has 2 aromatic rings. The molecule has 20 heavy (non-hydrogen) atoms. The van der Waals surface area contributed by atoms with Crippen molar-refractivity contribution in [2.24, 2.45) is 13.0 Å². The van der Waals surface area contributed by atoms with Crippen LogP contribution in [0.1, 0.15) is 48.2 Å². The van der Waals surface area contributed by atoms with E-state index in [0.717, 1.165) is 28.4 Å². The number of para-hydroxylation sites is 1. The fraction of sp³-hybridized carbons (Fsp3) is 0.389. The zero-order valence-electron chi connectivity index (χ0n) is 11.9. The largest absolute Gasteiger partial charge is 0.337 e. The number of aromatic nitrogens is 1. The van der Waals surface area contributed by atoms with E-state index in [2.05, 4.69) is 11.8 Å². The summed E-state index contributed by atoms with van der Waals surface area (Å²) >= 11 is 0. The maximum atomic E-state index is 11.4. The molecule has 0 saturated heterocycles. The van der Waals surface area contributed by atoms with Gasteiger partial charge in [-0.05, 0) is 24.8 Å². The van der Waals surface area contributed by atoms with Crippen molar-refractivity contribution < 1.29 is 4.79 Å². The molecule has 0 bridgehead atoms. The number of carbonyl (C=O) groups is 1. The van der Waals surface area contributed by atoms with E-state index in [1.165, 1.54) is 32.1 Å². The molecule has 2 heteroatoms. The van der Waals surface area contributed by atoms with Crippen molar-refractivity contribution in [3.8, 4) is 11.8 Å². The average Bonchev–Trinajstić information content (AvgIpc) is 2.78. The van der Waals surface area contributed by atoms with E-state index in [1.54, 1.807) is 0 Å². The number of aryl methyl sites for hydroxylation is 1. The topological polar surface area (TPSA) is 22.0 Å². The number of rotatable bonds is 1. The van der Waals surface area contributed by atoms with Crippen molar-refractivity contribution in [2.45, 2.75) is 32.1 Å². The molecular formula is C18H19NO. The Hall–Kier alpha value is -2.01. The number of fused-ring (bicyclic) bond motifs is 1. The Bertz CT molecular complexity index is 693. The summed E-state index contributed by atoms with van der Waals surface area (Å²) in [5.41, 5.74) is 2.65. The lowest BCUT2D eigenvalue weighted by Crippen LogP contribution is -2.03. The SMILES string of the molecule is Cn1c(C#CC2CCCCC2)c(C=O)c2ccccc21. The summed E-state index contributed by atoms with van der Waals surface area (Å²) in [5.74, 6) is 7.16. The minimum Gasteiger partial charge on any atom is -0.337 e. The van der Waals surface area contributed by atoms with Crippen molar-refractivity contribution in [1.29, 1.82) is 0 Å². The minimum absolute atomic E-state index is 0.501. The quantitative estimate of drug-likeness (QED) is 0.566. The van der Waals surface area contributed by atoms with Crippen LogP contribution in [-0.4, -0.2) is 10.9 Å². The molecule has 0 N–H and O–H groups in total. The third-order valence-electron chi connectivity index (χ3n) is 4.26. The normalized spacial score (nSPS) is 15.8. The molecule has 102 valence electrons. The highest BCUT2D eigenvalue weighted by atomic mass is 16.1. The lowest BCUT2D eigenvalue weighted by molar-refractivity contribution is 0.112. The van der Waals surface area contributed by atoms with Gasteiger partial charge in [-0.3, -0.25) is 4.79 Å². The lowest BCUT2D eigenvalue weighted by atomic mass is 9.90. The lowest BCUT2D eigenvalue weighted by Gasteiger charge is -2.15.